The van der Waals surface area contributed by atoms with E-state index >= 15 is 0 Å². The largest absolute Gasteiger partial charge is 0.507 e. The van der Waals surface area contributed by atoms with Crippen molar-refractivity contribution < 1.29 is 28.6 Å². The van der Waals surface area contributed by atoms with Gasteiger partial charge >= 0.3 is 0 Å². The third-order valence-electron chi connectivity index (χ3n) is 7.43. The van der Waals surface area contributed by atoms with Crippen molar-refractivity contribution >= 4 is 29.2 Å². The summed E-state index contributed by atoms with van der Waals surface area (Å²) in [5.74, 6) is -1.22. The lowest BCUT2D eigenvalue weighted by atomic mass is 10.0. The van der Waals surface area contributed by atoms with Crippen LogP contribution in [0.25, 0.3) is 11.3 Å². The van der Waals surface area contributed by atoms with E-state index in [2.05, 4.69) is 6.58 Å². The van der Waals surface area contributed by atoms with Crippen molar-refractivity contribution in [1.82, 2.24) is 14.8 Å². The number of halogens is 2. The minimum atomic E-state index is -0.708. The fourth-order valence-electron chi connectivity index (χ4n) is 5.42. The minimum Gasteiger partial charge on any atom is -0.507 e. The molecule has 1 N–H and O–H groups in total. The number of phenols is 1. The molecule has 3 aliphatic heterocycles. The monoisotopic (exact) mass is 530 g/mol. The second-order valence-corrected chi connectivity index (χ2v) is 9.76. The van der Waals surface area contributed by atoms with Gasteiger partial charge in [-0.05, 0) is 31.6 Å². The van der Waals surface area contributed by atoms with E-state index in [1.165, 1.54) is 24.3 Å². The molecular weight excluding hydrogens is 503 g/mol. The van der Waals surface area contributed by atoms with E-state index in [1.807, 2.05) is 11.8 Å². The van der Waals surface area contributed by atoms with Crippen molar-refractivity contribution in [3.63, 3.8) is 0 Å². The van der Waals surface area contributed by atoms with Gasteiger partial charge in [-0.3, -0.25) is 9.59 Å². The highest BCUT2D eigenvalue weighted by Gasteiger charge is 2.43. The number of carbonyl (C=O) groups excluding carboxylic acids is 2. The lowest BCUT2D eigenvalue weighted by Crippen LogP contribution is -2.57. The Labute approximate surface area is 219 Å². The molecule has 2 saturated heterocycles. The van der Waals surface area contributed by atoms with Crippen molar-refractivity contribution in [2.24, 2.45) is 0 Å². The molecule has 11 heteroatoms. The highest BCUT2D eigenvalue weighted by Crippen LogP contribution is 2.47. The smallest absolute Gasteiger partial charge is 0.261 e. The van der Waals surface area contributed by atoms with Crippen LogP contribution in [0.2, 0.25) is 5.02 Å². The van der Waals surface area contributed by atoms with Crippen LogP contribution in [0.15, 0.2) is 30.9 Å². The van der Waals surface area contributed by atoms with Crippen LogP contribution in [0, 0.1) is 5.82 Å². The van der Waals surface area contributed by atoms with Crippen LogP contribution in [0.4, 0.5) is 10.2 Å². The fraction of sp³-hybridized carbons (Fsp3) is 0.423. The summed E-state index contributed by atoms with van der Waals surface area (Å²) < 4.78 is 26.7. The SMILES string of the molecule is C=CC(=O)N1CCN2C(=O)c3c(N4CC[C@@H](OC)[C@@H]4C)nc(-c4c(O)cccc4F)c(Cl)c3OCC2C1. The average molecular weight is 531 g/mol. The van der Waals surface area contributed by atoms with Gasteiger partial charge in [0.25, 0.3) is 5.91 Å². The fourth-order valence-corrected chi connectivity index (χ4v) is 5.71. The summed E-state index contributed by atoms with van der Waals surface area (Å²) in [7, 11) is 1.63. The number of methoxy groups -OCH3 is 1. The summed E-state index contributed by atoms with van der Waals surface area (Å²) in [6, 6.07) is 3.37. The molecule has 3 atom stereocenters. The van der Waals surface area contributed by atoms with Crippen LogP contribution in [0.3, 0.4) is 0 Å². The number of anilines is 1. The Morgan fingerprint density at radius 2 is 2.08 bits per heavy atom. The first kappa shape index (κ1) is 25.3. The Hall–Kier alpha value is -3.37. The van der Waals surface area contributed by atoms with Gasteiger partial charge in [0.15, 0.2) is 5.75 Å². The normalized spacial score (nSPS) is 23.3. The van der Waals surface area contributed by atoms with E-state index in [1.54, 1.807) is 16.9 Å². The number of pyridine rings is 1. The third-order valence-corrected chi connectivity index (χ3v) is 7.78. The van der Waals surface area contributed by atoms with Gasteiger partial charge in [0.1, 0.15) is 40.3 Å². The van der Waals surface area contributed by atoms with Crippen LogP contribution in [0.1, 0.15) is 23.7 Å². The number of nitrogens with zero attached hydrogens (tertiary/aromatic N) is 4. The predicted molar refractivity (Wildman–Crippen MR) is 136 cm³/mol. The topological polar surface area (TPSA) is 95.4 Å². The molecular formula is C26H28ClFN4O5. The van der Waals surface area contributed by atoms with Crippen molar-refractivity contribution in [2.45, 2.75) is 31.5 Å². The van der Waals surface area contributed by atoms with Crippen molar-refractivity contribution in [2.75, 3.05) is 44.8 Å². The number of piperazine rings is 1. The molecule has 0 bridgehead atoms. The summed E-state index contributed by atoms with van der Waals surface area (Å²) in [6.07, 6.45) is 1.86. The first-order valence-electron chi connectivity index (χ1n) is 12.1. The molecule has 0 radical (unpaired) electrons. The Morgan fingerprint density at radius 3 is 2.76 bits per heavy atom. The predicted octanol–water partition coefficient (Wildman–Crippen LogP) is 3.09. The van der Waals surface area contributed by atoms with Gasteiger partial charge < -0.3 is 29.3 Å². The van der Waals surface area contributed by atoms with E-state index in [4.69, 9.17) is 26.1 Å². The molecule has 0 saturated carbocycles. The lowest BCUT2D eigenvalue weighted by molar-refractivity contribution is -0.128. The summed E-state index contributed by atoms with van der Waals surface area (Å²) in [5.41, 5.74) is -0.0122. The molecule has 37 heavy (non-hydrogen) atoms. The van der Waals surface area contributed by atoms with E-state index in [-0.39, 0.29) is 70.5 Å². The highest BCUT2D eigenvalue weighted by molar-refractivity contribution is 6.35. The molecule has 9 nitrogen and oxygen atoms in total. The maximum Gasteiger partial charge on any atom is 0.261 e. The molecule has 1 aromatic heterocycles. The van der Waals surface area contributed by atoms with Gasteiger partial charge in [-0.15, -0.1) is 0 Å². The molecule has 2 amide bonds. The first-order valence-corrected chi connectivity index (χ1v) is 12.5. The van der Waals surface area contributed by atoms with E-state index < -0.39 is 11.9 Å². The molecule has 4 heterocycles. The number of benzene rings is 1. The zero-order chi connectivity index (χ0) is 26.4. The van der Waals surface area contributed by atoms with Crippen LogP contribution in [-0.4, -0.2) is 89.8 Å². The number of amides is 2. The molecule has 1 unspecified atom stereocenters. The van der Waals surface area contributed by atoms with Gasteiger partial charge in [0.05, 0.1) is 23.8 Å². The van der Waals surface area contributed by atoms with Gasteiger partial charge in [0, 0.05) is 33.3 Å². The molecule has 0 aliphatic carbocycles. The number of hydrogen-bond acceptors (Lipinski definition) is 7. The maximum atomic E-state index is 14.9. The third kappa shape index (κ3) is 4.18. The molecule has 0 spiro atoms. The summed E-state index contributed by atoms with van der Waals surface area (Å²) >= 11 is 6.76. The quantitative estimate of drug-likeness (QED) is 0.607. The van der Waals surface area contributed by atoms with E-state index in [0.29, 0.717) is 31.9 Å². The van der Waals surface area contributed by atoms with Gasteiger partial charge in [-0.2, -0.15) is 0 Å². The number of fused-ring (bicyclic) bond motifs is 2. The van der Waals surface area contributed by atoms with Crippen LogP contribution in [-0.2, 0) is 9.53 Å². The molecule has 2 fully saturated rings. The molecule has 3 aliphatic rings. The lowest BCUT2D eigenvalue weighted by Gasteiger charge is -2.39. The second-order valence-electron chi connectivity index (χ2n) is 9.38. The zero-order valence-corrected chi connectivity index (χ0v) is 21.4. The first-order chi connectivity index (χ1) is 17.8. The standard InChI is InChI=1S/C26H28ClFN4O5/c1-4-19(34)30-10-11-32-15(12-30)13-37-24-21(26(32)35)25(31-9-8-18(36-3)14(31)2)29-23(22(24)27)20-16(28)6-5-7-17(20)33/h4-7,14-15,18,33H,1,8-13H2,2-3H3/t14-,15?,18+/m0/s1. The number of hydrogen-bond donors (Lipinski definition) is 1. The summed E-state index contributed by atoms with van der Waals surface area (Å²) in [4.78, 5) is 36.2. The number of rotatable bonds is 4. The van der Waals surface area contributed by atoms with Crippen LogP contribution >= 0.6 is 11.6 Å². The van der Waals surface area contributed by atoms with E-state index in [9.17, 15) is 19.1 Å². The summed E-state index contributed by atoms with van der Waals surface area (Å²) in [6.45, 7) is 7.06. The molecule has 196 valence electrons. The zero-order valence-electron chi connectivity index (χ0n) is 20.6. The van der Waals surface area contributed by atoms with Gasteiger partial charge in [-0.25, -0.2) is 9.37 Å². The average Bonchev–Trinajstić information content (AvgIpc) is 3.19. The number of aromatic nitrogens is 1. The van der Waals surface area contributed by atoms with Crippen LogP contribution in [0.5, 0.6) is 11.5 Å². The van der Waals surface area contributed by atoms with E-state index in [0.717, 1.165) is 0 Å². The van der Waals surface area contributed by atoms with Crippen molar-refractivity contribution in [1.29, 1.82) is 0 Å². The number of ether oxygens (including phenoxy) is 2. The minimum absolute atomic E-state index is 0.0183. The number of phenolic OH excluding ortho intramolecular Hbond substituents is 1. The van der Waals surface area contributed by atoms with Crippen molar-refractivity contribution in [3.05, 3.63) is 47.3 Å². The second kappa shape index (κ2) is 9.83. The maximum absolute atomic E-state index is 14.9. The highest BCUT2D eigenvalue weighted by atomic mass is 35.5. The Balaban J connectivity index is 1.67. The Morgan fingerprint density at radius 1 is 1.30 bits per heavy atom. The number of carbonyl (C=O) groups is 2. The van der Waals surface area contributed by atoms with Gasteiger partial charge in [0.2, 0.25) is 5.91 Å². The van der Waals surface area contributed by atoms with Crippen molar-refractivity contribution in [3.8, 4) is 22.8 Å². The van der Waals surface area contributed by atoms with Gasteiger partial charge in [-0.1, -0.05) is 24.2 Å². The summed E-state index contributed by atoms with van der Waals surface area (Å²) in [5, 5.41) is 10.4. The van der Waals surface area contributed by atoms with Crippen LogP contribution < -0.4 is 9.64 Å². The molecule has 5 rings (SSSR count). The Kier molecular flexibility index (Phi) is 6.72. The number of aromatic hydroxyl groups is 1. The molecule has 2 aromatic rings. The Bertz CT molecular complexity index is 1250. The molecule has 1 aromatic carbocycles.